The van der Waals surface area contributed by atoms with Crippen molar-refractivity contribution >= 4 is 5.91 Å². The van der Waals surface area contributed by atoms with Crippen molar-refractivity contribution < 1.29 is 14.3 Å². The molecule has 0 saturated carbocycles. The molecule has 0 aliphatic carbocycles. The second-order valence-corrected chi connectivity index (χ2v) is 8.01. The number of carbonyl (C=O) groups is 1. The number of nitrogens with one attached hydrogen (secondary N) is 1. The monoisotopic (exact) mass is 394 g/mol. The number of carbonyl (C=O) groups excluding carboxylic acids is 1. The lowest BCUT2D eigenvalue weighted by atomic mass is 9.88. The Hall–Kier alpha value is -2.53. The van der Waals surface area contributed by atoms with Gasteiger partial charge in [-0.25, -0.2) is 0 Å². The molecule has 0 spiro atoms. The average molecular weight is 395 g/mol. The van der Waals surface area contributed by atoms with E-state index in [2.05, 4.69) is 40.5 Å². The zero-order valence-corrected chi connectivity index (χ0v) is 17.3. The lowest BCUT2D eigenvalue weighted by molar-refractivity contribution is -0.122. The van der Waals surface area contributed by atoms with E-state index in [1.165, 1.54) is 5.56 Å². The first-order valence-corrected chi connectivity index (χ1v) is 10.5. The minimum absolute atomic E-state index is 0.141. The van der Waals surface area contributed by atoms with Crippen LogP contribution in [-0.2, 0) is 11.3 Å². The molecule has 0 unspecified atom stereocenters. The summed E-state index contributed by atoms with van der Waals surface area (Å²) < 4.78 is 11.2. The summed E-state index contributed by atoms with van der Waals surface area (Å²) >= 11 is 0. The lowest BCUT2D eigenvalue weighted by Crippen LogP contribution is -2.47. The quantitative estimate of drug-likeness (QED) is 0.840. The molecule has 1 N–H and O–H groups in total. The Balaban J connectivity index is 1.65. The number of likely N-dealkylation sites (tertiary alicyclic amines) is 1. The zero-order chi connectivity index (χ0) is 20.2. The molecular weight excluding hydrogens is 364 g/mol. The molecular formula is C24H30N2O3. The third-order valence-corrected chi connectivity index (χ3v) is 6.32. The fourth-order valence-corrected chi connectivity index (χ4v) is 4.94. The van der Waals surface area contributed by atoms with Crippen LogP contribution in [0.5, 0.6) is 11.5 Å². The smallest absolute Gasteiger partial charge is 0.220 e. The van der Waals surface area contributed by atoms with E-state index in [-0.39, 0.29) is 11.9 Å². The van der Waals surface area contributed by atoms with E-state index in [1.54, 1.807) is 14.2 Å². The van der Waals surface area contributed by atoms with Gasteiger partial charge in [0, 0.05) is 37.0 Å². The standard InChI is InChI=1S/C24H30N2O3/c1-28-21-13-8-11-18(24(21)29-2)15-26-16-19(17-9-4-3-5-10-17)23-20(26)12-6-7-14-22(27)25-23/h3-5,8-11,13,19-20,23H,6-7,12,14-16H2,1-2H3,(H,25,27)/t19-,20+,23-/m0/s1. The molecule has 0 bridgehead atoms. The van der Waals surface area contributed by atoms with E-state index in [1.807, 2.05) is 18.2 Å². The highest BCUT2D eigenvalue weighted by molar-refractivity contribution is 5.76. The van der Waals surface area contributed by atoms with Gasteiger partial charge in [-0.2, -0.15) is 0 Å². The number of hydrogen-bond acceptors (Lipinski definition) is 4. The molecule has 2 heterocycles. The van der Waals surface area contributed by atoms with Gasteiger partial charge in [-0.05, 0) is 24.5 Å². The molecule has 2 aliphatic heterocycles. The zero-order valence-electron chi connectivity index (χ0n) is 17.3. The maximum absolute atomic E-state index is 12.4. The van der Waals surface area contributed by atoms with Crippen LogP contribution in [-0.4, -0.2) is 43.7 Å². The minimum Gasteiger partial charge on any atom is -0.493 e. The van der Waals surface area contributed by atoms with Crippen molar-refractivity contribution in [2.24, 2.45) is 0 Å². The molecule has 1 amide bonds. The predicted octanol–water partition coefficient (Wildman–Crippen LogP) is 3.73. The minimum atomic E-state index is 0.141. The SMILES string of the molecule is COc1cccc(CN2C[C@@H](c3ccccc3)[C@@H]3NC(=O)CCCC[C@H]32)c1OC. The van der Waals surface area contributed by atoms with Crippen molar-refractivity contribution in [1.29, 1.82) is 0 Å². The van der Waals surface area contributed by atoms with Crippen molar-refractivity contribution in [2.75, 3.05) is 20.8 Å². The van der Waals surface area contributed by atoms with Gasteiger partial charge in [-0.3, -0.25) is 9.69 Å². The fraction of sp³-hybridized carbons (Fsp3) is 0.458. The molecule has 154 valence electrons. The van der Waals surface area contributed by atoms with Crippen LogP contribution in [0.2, 0.25) is 0 Å². The molecule has 2 aromatic carbocycles. The van der Waals surface area contributed by atoms with Crippen molar-refractivity contribution in [3.05, 3.63) is 59.7 Å². The highest BCUT2D eigenvalue weighted by Crippen LogP contribution is 2.39. The van der Waals surface area contributed by atoms with Gasteiger partial charge in [0.2, 0.25) is 5.91 Å². The van der Waals surface area contributed by atoms with Gasteiger partial charge in [-0.15, -0.1) is 0 Å². The summed E-state index contributed by atoms with van der Waals surface area (Å²) in [6.07, 6.45) is 3.78. The topological polar surface area (TPSA) is 50.8 Å². The van der Waals surface area contributed by atoms with Crippen LogP contribution in [0.3, 0.4) is 0 Å². The fourth-order valence-electron chi connectivity index (χ4n) is 4.94. The highest BCUT2D eigenvalue weighted by Gasteiger charge is 2.43. The number of amides is 1. The molecule has 3 atom stereocenters. The Morgan fingerprint density at radius 2 is 1.86 bits per heavy atom. The van der Waals surface area contributed by atoms with Crippen LogP contribution in [0.1, 0.15) is 42.7 Å². The Morgan fingerprint density at radius 1 is 1.03 bits per heavy atom. The summed E-state index contributed by atoms with van der Waals surface area (Å²) in [5, 5.41) is 3.36. The molecule has 5 heteroatoms. The third kappa shape index (κ3) is 4.10. The van der Waals surface area contributed by atoms with E-state index < -0.39 is 0 Å². The van der Waals surface area contributed by atoms with Gasteiger partial charge in [0.25, 0.3) is 0 Å². The average Bonchev–Trinajstić information content (AvgIpc) is 3.06. The molecule has 4 rings (SSSR count). The Morgan fingerprint density at radius 3 is 2.62 bits per heavy atom. The second kappa shape index (κ2) is 8.87. The Labute approximate surface area is 173 Å². The number of hydrogen-bond donors (Lipinski definition) is 1. The Kier molecular flexibility index (Phi) is 6.05. The van der Waals surface area contributed by atoms with Crippen LogP contribution in [0.4, 0.5) is 0 Å². The Bertz CT molecular complexity index is 839. The van der Waals surface area contributed by atoms with Crippen LogP contribution >= 0.6 is 0 Å². The summed E-state index contributed by atoms with van der Waals surface area (Å²) in [5.41, 5.74) is 2.41. The van der Waals surface area contributed by atoms with Crippen molar-refractivity contribution in [3.63, 3.8) is 0 Å². The first-order valence-electron chi connectivity index (χ1n) is 10.5. The molecule has 2 saturated heterocycles. The number of rotatable bonds is 5. The predicted molar refractivity (Wildman–Crippen MR) is 113 cm³/mol. The summed E-state index contributed by atoms with van der Waals surface area (Å²) in [6, 6.07) is 17.1. The van der Waals surface area contributed by atoms with Crippen LogP contribution in [0, 0.1) is 0 Å². The molecule has 2 aromatic rings. The van der Waals surface area contributed by atoms with E-state index >= 15 is 0 Å². The van der Waals surface area contributed by atoms with E-state index in [0.29, 0.717) is 18.4 Å². The van der Waals surface area contributed by atoms with Gasteiger partial charge in [0.05, 0.1) is 20.3 Å². The number of benzene rings is 2. The maximum atomic E-state index is 12.4. The molecule has 5 nitrogen and oxygen atoms in total. The number of ether oxygens (including phenoxy) is 2. The van der Waals surface area contributed by atoms with Crippen molar-refractivity contribution in [1.82, 2.24) is 10.2 Å². The third-order valence-electron chi connectivity index (χ3n) is 6.32. The summed E-state index contributed by atoms with van der Waals surface area (Å²) in [5.74, 6) is 2.03. The number of para-hydroxylation sites is 1. The first-order chi connectivity index (χ1) is 14.2. The largest absolute Gasteiger partial charge is 0.493 e. The van der Waals surface area contributed by atoms with E-state index in [4.69, 9.17) is 9.47 Å². The molecule has 0 aromatic heterocycles. The maximum Gasteiger partial charge on any atom is 0.220 e. The molecule has 29 heavy (non-hydrogen) atoms. The van der Waals surface area contributed by atoms with Gasteiger partial charge in [0.15, 0.2) is 11.5 Å². The van der Waals surface area contributed by atoms with E-state index in [9.17, 15) is 4.79 Å². The summed E-state index contributed by atoms with van der Waals surface area (Å²) in [4.78, 5) is 15.0. The van der Waals surface area contributed by atoms with Crippen molar-refractivity contribution in [3.8, 4) is 11.5 Å². The van der Waals surface area contributed by atoms with Gasteiger partial charge in [-0.1, -0.05) is 48.9 Å². The first kappa shape index (κ1) is 19.8. The molecule has 2 aliphatic rings. The van der Waals surface area contributed by atoms with Crippen molar-refractivity contribution in [2.45, 2.75) is 50.2 Å². The van der Waals surface area contributed by atoms with E-state index in [0.717, 1.165) is 49.4 Å². The summed E-state index contributed by atoms with van der Waals surface area (Å²) in [6.45, 7) is 1.70. The normalized spacial score (nSPS) is 24.9. The summed E-state index contributed by atoms with van der Waals surface area (Å²) in [7, 11) is 3.36. The lowest BCUT2D eigenvalue weighted by Gasteiger charge is -2.31. The number of nitrogens with zero attached hydrogens (tertiary/aromatic N) is 1. The van der Waals surface area contributed by atoms with Gasteiger partial charge >= 0.3 is 0 Å². The molecule has 0 radical (unpaired) electrons. The second-order valence-electron chi connectivity index (χ2n) is 8.01. The van der Waals surface area contributed by atoms with Gasteiger partial charge in [0.1, 0.15) is 0 Å². The number of fused-ring (bicyclic) bond motifs is 1. The van der Waals surface area contributed by atoms with Crippen LogP contribution in [0.15, 0.2) is 48.5 Å². The highest BCUT2D eigenvalue weighted by atomic mass is 16.5. The van der Waals surface area contributed by atoms with Crippen LogP contribution in [0.25, 0.3) is 0 Å². The number of methoxy groups -OCH3 is 2. The molecule has 2 fully saturated rings. The van der Waals surface area contributed by atoms with Crippen LogP contribution < -0.4 is 14.8 Å². The van der Waals surface area contributed by atoms with Gasteiger partial charge < -0.3 is 14.8 Å².